The number of imidazole rings is 1. The molecular formula is C14H18N2O2. The normalized spacial score (nSPS) is 12.3. The van der Waals surface area contributed by atoms with Crippen molar-refractivity contribution in [3.05, 3.63) is 48.0 Å². The second-order valence-corrected chi connectivity index (χ2v) is 4.27. The number of aryl methyl sites for hydroxylation is 1. The van der Waals surface area contributed by atoms with Gasteiger partial charge in [-0.3, -0.25) is 0 Å². The van der Waals surface area contributed by atoms with E-state index in [1.807, 2.05) is 30.5 Å². The Hall–Kier alpha value is -1.81. The van der Waals surface area contributed by atoms with E-state index in [4.69, 9.17) is 4.74 Å². The molecule has 1 aromatic carbocycles. The zero-order chi connectivity index (χ0) is 12.8. The summed E-state index contributed by atoms with van der Waals surface area (Å²) in [6, 6.07) is 7.54. The molecule has 1 heterocycles. The van der Waals surface area contributed by atoms with Crippen LogP contribution in [0.1, 0.15) is 30.7 Å². The van der Waals surface area contributed by atoms with E-state index in [2.05, 4.69) is 9.97 Å². The number of rotatable bonds is 6. The zero-order valence-electron chi connectivity index (χ0n) is 10.5. The molecule has 0 amide bonds. The van der Waals surface area contributed by atoms with Crippen molar-refractivity contribution in [3.8, 4) is 5.75 Å². The molecule has 0 fully saturated rings. The van der Waals surface area contributed by atoms with Crippen molar-refractivity contribution in [2.75, 3.05) is 6.61 Å². The summed E-state index contributed by atoms with van der Waals surface area (Å²) < 4.78 is 5.62. The van der Waals surface area contributed by atoms with E-state index >= 15 is 0 Å². The maximum Gasteiger partial charge on any atom is 0.119 e. The van der Waals surface area contributed by atoms with E-state index in [0.717, 1.165) is 29.8 Å². The Balaban J connectivity index is 1.73. The van der Waals surface area contributed by atoms with Crippen LogP contribution >= 0.6 is 0 Å². The summed E-state index contributed by atoms with van der Waals surface area (Å²) in [7, 11) is 0. The molecule has 1 aromatic heterocycles. The van der Waals surface area contributed by atoms with E-state index in [1.165, 1.54) is 0 Å². The summed E-state index contributed by atoms with van der Waals surface area (Å²) in [5.41, 5.74) is 2.03. The zero-order valence-corrected chi connectivity index (χ0v) is 10.5. The third kappa shape index (κ3) is 3.60. The second kappa shape index (κ2) is 6.21. The largest absolute Gasteiger partial charge is 0.494 e. The lowest BCUT2D eigenvalue weighted by Gasteiger charge is -2.08. The van der Waals surface area contributed by atoms with Gasteiger partial charge in [-0.25, -0.2) is 4.98 Å². The topological polar surface area (TPSA) is 58.1 Å². The van der Waals surface area contributed by atoms with Gasteiger partial charge in [0, 0.05) is 11.9 Å². The number of nitrogens with one attached hydrogen (secondary N) is 1. The quantitative estimate of drug-likeness (QED) is 0.770. The van der Waals surface area contributed by atoms with Gasteiger partial charge in [-0.2, -0.15) is 0 Å². The van der Waals surface area contributed by atoms with Crippen LogP contribution in [0.25, 0.3) is 0 Å². The van der Waals surface area contributed by atoms with Crippen LogP contribution in [0, 0.1) is 0 Å². The highest BCUT2D eigenvalue weighted by Gasteiger charge is 2.01. The molecule has 0 bridgehead atoms. The number of hydrogen-bond donors (Lipinski definition) is 2. The Morgan fingerprint density at radius 3 is 2.72 bits per heavy atom. The Bertz CT molecular complexity index is 449. The van der Waals surface area contributed by atoms with Gasteiger partial charge in [0.1, 0.15) is 5.75 Å². The first-order chi connectivity index (χ1) is 8.75. The fourth-order valence-corrected chi connectivity index (χ4v) is 1.72. The van der Waals surface area contributed by atoms with E-state index in [-0.39, 0.29) is 0 Å². The number of aromatic amines is 1. The monoisotopic (exact) mass is 246 g/mol. The van der Waals surface area contributed by atoms with E-state index in [9.17, 15) is 5.11 Å². The Morgan fingerprint density at radius 2 is 2.11 bits per heavy atom. The Morgan fingerprint density at radius 1 is 1.33 bits per heavy atom. The molecule has 0 aliphatic carbocycles. The molecule has 0 aliphatic heterocycles. The van der Waals surface area contributed by atoms with Gasteiger partial charge in [0.05, 0.1) is 19.0 Å². The number of hydrogen-bond acceptors (Lipinski definition) is 3. The molecule has 2 rings (SSSR count). The predicted molar refractivity (Wildman–Crippen MR) is 69.5 cm³/mol. The Labute approximate surface area is 107 Å². The molecule has 0 saturated heterocycles. The molecule has 0 saturated carbocycles. The van der Waals surface area contributed by atoms with E-state index < -0.39 is 6.10 Å². The number of H-pyrrole nitrogens is 1. The van der Waals surface area contributed by atoms with Crippen LogP contribution in [-0.2, 0) is 6.42 Å². The van der Waals surface area contributed by atoms with Gasteiger partial charge in [-0.05, 0) is 37.5 Å². The highest BCUT2D eigenvalue weighted by molar-refractivity contribution is 5.28. The van der Waals surface area contributed by atoms with Crippen molar-refractivity contribution >= 4 is 0 Å². The average Bonchev–Trinajstić information content (AvgIpc) is 2.88. The van der Waals surface area contributed by atoms with Crippen LogP contribution in [0.3, 0.4) is 0 Å². The van der Waals surface area contributed by atoms with Crippen LogP contribution in [0.2, 0.25) is 0 Å². The molecular weight excluding hydrogens is 228 g/mol. The summed E-state index contributed by atoms with van der Waals surface area (Å²) >= 11 is 0. The maximum atomic E-state index is 9.38. The van der Waals surface area contributed by atoms with Crippen LogP contribution < -0.4 is 4.74 Å². The molecule has 2 aromatic rings. The van der Waals surface area contributed by atoms with Gasteiger partial charge in [-0.1, -0.05) is 12.1 Å². The summed E-state index contributed by atoms with van der Waals surface area (Å²) in [6.07, 6.45) is 4.97. The average molecular weight is 246 g/mol. The molecule has 18 heavy (non-hydrogen) atoms. The minimum absolute atomic E-state index is 0.431. The molecule has 96 valence electrons. The lowest BCUT2D eigenvalue weighted by Crippen LogP contribution is -2.00. The van der Waals surface area contributed by atoms with Crippen LogP contribution in [0.4, 0.5) is 0 Å². The summed E-state index contributed by atoms with van der Waals surface area (Å²) in [5.74, 6) is 0.837. The van der Waals surface area contributed by atoms with Gasteiger partial charge < -0.3 is 14.8 Å². The van der Waals surface area contributed by atoms with Crippen molar-refractivity contribution in [3.63, 3.8) is 0 Å². The van der Waals surface area contributed by atoms with Gasteiger partial charge in [0.25, 0.3) is 0 Å². The molecule has 1 atom stereocenters. The fraction of sp³-hybridized carbons (Fsp3) is 0.357. The van der Waals surface area contributed by atoms with Gasteiger partial charge in [0.2, 0.25) is 0 Å². The van der Waals surface area contributed by atoms with Gasteiger partial charge in [0.15, 0.2) is 0 Å². The van der Waals surface area contributed by atoms with Crippen molar-refractivity contribution in [2.45, 2.75) is 25.9 Å². The fourth-order valence-electron chi connectivity index (χ4n) is 1.72. The number of ether oxygens (including phenoxy) is 1. The highest BCUT2D eigenvalue weighted by Crippen LogP contribution is 2.17. The molecule has 2 N–H and O–H groups in total. The van der Waals surface area contributed by atoms with Crippen molar-refractivity contribution < 1.29 is 9.84 Å². The minimum Gasteiger partial charge on any atom is -0.494 e. The molecule has 4 nitrogen and oxygen atoms in total. The minimum atomic E-state index is -0.431. The molecule has 1 unspecified atom stereocenters. The van der Waals surface area contributed by atoms with Gasteiger partial charge in [-0.15, -0.1) is 0 Å². The van der Waals surface area contributed by atoms with Crippen molar-refractivity contribution in [2.24, 2.45) is 0 Å². The summed E-state index contributed by atoms with van der Waals surface area (Å²) in [4.78, 5) is 7.03. The lowest BCUT2D eigenvalue weighted by molar-refractivity contribution is 0.199. The number of nitrogens with zero attached hydrogens (tertiary/aromatic N) is 1. The molecule has 4 heteroatoms. The first kappa shape index (κ1) is 12.6. The van der Waals surface area contributed by atoms with Crippen LogP contribution in [0.5, 0.6) is 5.75 Å². The van der Waals surface area contributed by atoms with Crippen LogP contribution in [-0.4, -0.2) is 21.7 Å². The lowest BCUT2D eigenvalue weighted by atomic mass is 10.1. The third-order valence-electron chi connectivity index (χ3n) is 2.78. The van der Waals surface area contributed by atoms with E-state index in [0.29, 0.717) is 6.61 Å². The molecule has 0 spiro atoms. The third-order valence-corrected chi connectivity index (χ3v) is 2.78. The second-order valence-electron chi connectivity index (χ2n) is 4.27. The standard InChI is InChI=1S/C14H18N2O2/c1-11(17)12-4-6-14(7-5-12)18-8-2-3-13-9-15-10-16-13/h4-7,9-11,17H,2-3,8H2,1H3,(H,15,16). The molecule has 0 radical (unpaired) electrons. The SMILES string of the molecule is CC(O)c1ccc(OCCCc2cnc[nH]2)cc1. The predicted octanol–water partition coefficient (Wildman–Crippen LogP) is 2.47. The Kier molecular flexibility index (Phi) is 4.36. The van der Waals surface area contributed by atoms with E-state index in [1.54, 1.807) is 13.3 Å². The number of aliphatic hydroxyl groups excluding tert-OH is 1. The summed E-state index contributed by atoms with van der Waals surface area (Å²) in [6.45, 7) is 2.42. The van der Waals surface area contributed by atoms with Crippen molar-refractivity contribution in [1.82, 2.24) is 9.97 Å². The maximum absolute atomic E-state index is 9.38. The highest BCUT2D eigenvalue weighted by atomic mass is 16.5. The first-order valence-electron chi connectivity index (χ1n) is 6.14. The number of benzene rings is 1. The molecule has 0 aliphatic rings. The summed E-state index contributed by atoms with van der Waals surface area (Å²) in [5, 5.41) is 9.38. The number of aromatic nitrogens is 2. The van der Waals surface area contributed by atoms with Crippen LogP contribution in [0.15, 0.2) is 36.8 Å². The van der Waals surface area contributed by atoms with Crippen molar-refractivity contribution in [1.29, 1.82) is 0 Å². The number of aliphatic hydroxyl groups is 1. The first-order valence-corrected chi connectivity index (χ1v) is 6.14. The smallest absolute Gasteiger partial charge is 0.119 e. The van der Waals surface area contributed by atoms with Gasteiger partial charge >= 0.3 is 0 Å².